The molecule has 1 aromatic carbocycles. The molecule has 0 spiro atoms. The molecule has 1 atom stereocenters. The molecule has 0 saturated heterocycles. The summed E-state index contributed by atoms with van der Waals surface area (Å²) < 4.78 is 4.96. The molecule has 1 aromatic rings. The maximum absolute atomic E-state index is 12.6. The van der Waals surface area contributed by atoms with Gasteiger partial charge in [-0.15, -0.1) is 0 Å². The molecule has 2 rings (SSSR count). The van der Waals surface area contributed by atoms with Gasteiger partial charge in [0.15, 0.2) is 6.61 Å². The minimum Gasteiger partial charge on any atom is -0.454 e. The molecule has 28 heavy (non-hydrogen) atoms. The van der Waals surface area contributed by atoms with Crippen molar-refractivity contribution in [3.8, 4) is 0 Å². The predicted octanol–water partition coefficient (Wildman–Crippen LogP) is 1.09. The van der Waals surface area contributed by atoms with Crippen LogP contribution in [0.4, 0.5) is 4.79 Å². The highest BCUT2D eigenvalue weighted by molar-refractivity contribution is 6.22. The van der Waals surface area contributed by atoms with Crippen molar-refractivity contribution >= 4 is 29.7 Å². The topological polar surface area (TPSA) is 122 Å². The molecule has 0 radical (unpaired) electrons. The maximum atomic E-state index is 12.6. The third-order valence-corrected chi connectivity index (χ3v) is 4.11. The van der Waals surface area contributed by atoms with Crippen molar-refractivity contribution in [3.63, 3.8) is 0 Å². The standard InChI is InChI=1S/C19H23N3O6/c1-4-9-20-19(27)21-14(23)10-28-18(26)15(11(2)3)22-16(24)12-7-5-6-8-13(12)17(22)25/h5-8,11,15H,4,9-10H2,1-3H3,(H2,20,21,23,27). The highest BCUT2D eigenvalue weighted by Gasteiger charge is 2.44. The normalized spacial score (nSPS) is 13.9. The highest BCUT2D eigenvalue weighted by Crippen LogP contribution is 2.27. The number of hydrogen-bond donors (Lipinski definition) is 2. The van der Waals surface area contributed by atoms with E-state index in [0.29, 0.717) is 13.0 Å². The van der Waals surface area contributed by atoms with Crippen molar-refractivity contribution in [2.75, 3.05) is 13.2 Å². The third-order valence-electron chi connectivity index (χ3n) is 4.11. The highest BCUT2D eigenvalue weighted by atomic mass is 16.5. The first kappa shape index (κ1) is 21.1. The lowest BCUT2D eigenvalue weighted by molar-refractivity contribution is -0.153. The molecule has 2 N–H and O–H groups in total. The first-order chi connectivity index (χ1) is 13.3. The van der Waals surface area contributed by atoms with E-state index < -0.39 is 48.3 Å². The molecule has 0 fully saturated rings. The van der Waals surface area contributed by atoms with Gasteiger partial charge < -0.3 is 10.1 Å². The fourth-order valence-electron chi connectivity index (χ4n) is 2.80. The van der Waals surface area contributed by atoms with Gasteiger partial charge in [0.05, 0.1) is 11.1 Å². The summed E-state index contributed by atoms with van der Waals surface area (Å²) in [5, 5.41) is 4.48. The van der Waals surface area contributed by atoms with Gasteiger partial charge in [-0.1, -0.05) is 32.9 Å². The Morgan fingerprint density at radius 1 is 1.07 bits per heavy atom. The zero-order chi connectivity index (χ0) is 20.8. The lowest BCUT2D eigenvalue weighted by atomic mass is 10.0. The maximum Gasteiger partial charge on any atom is 0.330 e. The Morgan fingerprint density at radius 2 is 1.64 bits per heavy atom. The summed E-state index contributed by atoms with van der Waals surface area (Å²) in [7, 11) is 0. The van der Waals surface area contributed by atoms with E-state index >= 15 is 0 Å². The molecule has 9 heteroatoms. The number of benzene rings is 1. The number of nitrogens with zero attached hydrogens (tertiary/aromatic N) is 1. The van der Waals surface area contributed by atoms with Gasteiger partial charge >= 0.3 is 12.0 Å². The van der Waals surface area contributed by atoms with Crippen LogP contribution in [0.25, 0.3) is 0 Å². The number of amides is 5. The summed E-state index contributed by atoms with van der Waals surface area (Å²) in [6.07, 6.45) is 0.701. The van der Waals surface area contributed by atoms with E-state index in [4.69, 9.17) is 4.74 Å². The number of ether oxygens (including phenoxy) is 1. The first-order valence-corrected chi connectivity index (χ1v) is 8.99. The van der Waals surface area contributed by atoms with Crippen molar-refractivity contribution in [3.05, 3.63) is 35.4 Å². The molecular weight excluding hydrogens is 366 g/mol. The number of rotatable bonds is 7. The van der Waals surface area contributed by atoms with Gasteiger partial charge in [-0.3, -0.25) is 24.6 Å². The number of hydrogen-bond acceptors (Lipinski definition) is 6. The van der Waals surface area contributed by atoms with Crippen LogP contribution >= 0.6 is 0 Å². The number of fused-ring (bicyclic) bond motifs is 1. The van der Waals surface area contributed by atoms with E-state index in [9.17, 15) is 24.0 Å². The van der Waals surface area contributed by atoms with Crippen molar-refractivity contribution in [2.45, 2.75) is 33.2 Å². The quantitative estimate of drug-likeness (QED) is 0.532. The monoisotopic (exact) mass is 389 g/mol. The Hall–Kier alpha value is -3.23. The summed E-state index contributed by atoms with van der Waals surface area (Å²) in [4.78, 5) is 61.8. The van der Waals surface area contributed by atoms with E-state index in [2.05, 4.69) is 5.32 Å². The molecule has 0 aliphatic carbocycles. The van der Waals surface area contributed by atoms with Crippen molar-refractivity contribution < 1.29 is 28.7 Å². The van der Waals surface area contributed by atoms with Gasteiger partial charge in [-0.25, -0.2) is 9.59 Å². The van der Waals surface area contributed by atoms with E-state index in [0.717, 1.165) is 4.90 Å². The lowest BCUT2D eigenvalue weighted by Crippen LogP contribution is -2.49. The van der Waals surface area contributed by atoms with Crippen LogP contribution in [0.15, 0.2) is 24.3 Å². The second-order valence-corrected chi connectivity index (χ2v) is 6.63. The van der Waals surface area contributed by atoms with Crippen LogP contribution in [0.5, 0.6) is 0 Å². The number of imide groups is 2. The van der Waals surface area contributed by atoms with Crippen LogP contribution in [0.3, 0.4) is 0 Å². The summed E-state index contributed by atoms with van der Waals surface area (Å²) >= 11 is 0. The molecule has 0 saturated carbocycles. The number of carbonyl (C=O) groups is 5. The largest absolute Gasteiger partial charge is 0.454 e. The van der Waals surface area contributed by atoms with Crippen LogP contribution in [-0.4, -0.2) is 53.8 Å². The minimum absolute atomic E-state index is 0.219. The number of urea groups is 1. The molecule has 0 aromatic heterocycles. The molecule has 1 aliphatic rings. The number of carbonyl (C=O) groups excluding carboxylic acids is 5. The lowest BCUT2D eigenvalue weighted by Gasteiger charge is -2.27. The average molecular weight is 389 g/mol. The number of nitrogens with one attached hydrogen (secondary N) is 2. The molecule has 1 unspecified atom stereocenters. The van der Waals surface area contributed by atoms with E-state index in [1.54, 1.807) is 26.0 Å². The van der Waals surface area contributed by atoms with Gasteiger partial charge in [0.2, 0.25) is 0 Å². The van der Waals surface area contributed by atoms with Crippen LogP contribution in [0, 0.1) is 5.92 Å². The van der Waals surface area contributed by atoms with Crippen LogP contribution in [0.2, 0.25) is 0 Å². The molecule has 9 nitrogen and oxygen atoms in total. The van der Waals surface area contributed by atoms with Gasteiger partial charge in [0, 0.05) is 6.54 Å². The second-order valence-electron chi connectivity index (χ2n) is 6.63. The van der Waals surface area contributed by atoms with Crippen LogP contribution < -0.4 is 10.6 Å². The average Bonchev–Trinajstić information content (AvgIpc) is 2.90. The molecule has 1 aliphatic heterocycles. The van der Waals surface area contributed by atoms with Crippen LogP contribution in [0.1, 0.15) is 47.9 Å². The summed E-state index contributed by atoms with van der Waals surface area (Å²) in [5.41, 5.74) is 0.438. The minimum atomic E-state index is -1.19. The third kappa shape index (κ3) is 4.54. The van der Waals surface area contributed by atoms with Crippen molar-refractivity contribution in [1.29, 1.82) is 0 Å². The summed E-state index contributed by atoms with van der Waals surface area (Å²) in [5.74, 6) is -3.31. The van der Waals surface area contributed by atoms with E-state index in [1.807, 2.05) is 12.2 Å². The predicted molar refractivity (Wildman–Crippen MR) is 98.4 cm³/mol. The Morgan fingerprint density at radius 3 is 2.14 bits per heavy atom. The molecule has 5 amide bonds. The second kappa shape index (κ2) is 9.12. The van der Waals surface area contributed by atoms with Crippen molar-refractivity contribution in [1.82, 2.24) is 15.5 Å². The van der Waals surface area contributed by atoms with Gasteiger partial charge in [0.1, 0.15) is 6.04 Å². The van der Waals surface area contributed by atoms with Crippen LogP contribution in [-0.2, 0) is 14.3 Å². The number of esters is 1. The molecule has 150 valence electrons. The SMILES string of the molecule is CCCNC(=O)NC(=O)COC(=O)C(C(C)C)N1C(=O)c2ccccc2C1=O. The van der Waals surface area contributed by atoms with E-state index in [-0.39, 0.29) is 11.1 Å². The van der Waals surface area contributed by atoms with Gasteiger partial charge in [-0.2, -0.15) is 0 Å². The summed E-state index contributed by atoms with van der Waals surface area (Å²) in [6, 6.07) is 4.41. The summed E-state index contributed by atoms with van der Waals surface area (Å²) in [6.45, 7) is 4.87. The fourth-order valence-corrected chi connectivity index (χ4v) is 2.80. The Bertz CT molecular complexity index is 770. The zero-order valence-corrected chi connectivity index (χ0v) is 16.0. The molecule has 0 bridgehead atoms. The smallest absolute Gasteiger partial charge is 0.330 e. The Kier molecular flexibility index (Phi) is 6.86. The van der Waals surface area contributed by atoms with Crippen molar-refractivity contribution in [2.24, 2.45) is 5.92 Å². The fraction of sp³-hybridized carbons (Fsp3) is 0.421. The Labute approximate surface area is 162 Å². The van der Waals surface area contributed by atoms with Gasteiger partial charge in [0.25, 0.3) is 17.7 Å². The zero-order valence-electron chi connectivity index (χ0n) is 16.0. The molecule has 1 heterocycles. The molecular formula is C19H23N3O6. The van der Waals surface area contributed by atoms with Gasteiger partial charge in [-0.05, 0) is 24.5 Å². The van der Waals surface area contributed by atoms with E-state index in [1.165, 1.54) is 12.1 Å². The Balaban J connectivity index is 2.04. The first-order valence-electron chi connectivity index (χ1n) is 8.99.